The van der Waals surface area contributed by atoms with E-state index in [9.17, 15) is 4.79 Å². The van der Waals surface area contributed by atoms with Crippen LogP contribution < -0.4 is 25.3 Å². The van der Waals surface area contributed by atoms with Crippen molar-refractivity contribution in [1.82, 2.24) is 19.5 Å². The molecule has 4 N–H and O–H groups in total. The Balaban J connectivity index is 1.63. The summed E-state index contributed by atoms with van der Waals surface area (Å²) in [6.07, 6.45) is 2.30. The Morgan fingerprint density at radius 2 is 1.74 bits per heavy atom. The third-order valence-electron chi connectivity index (χ3n) is 6.71. The fourth-order valence-corrected chi connectivity index (χ4v) is 4.66. The lowest BCUT2D eigenvalue weighted by molar-refractivity contribution is 0.111. The van der Waals surface area contributed by atoms with Crippen molar-refractivity contribution in [2.45, 2.75) is 18.9 Å². The SMILES string of the molecule is COc1ccc(-c2cnn3c(N)c(-c4ccc(NC(=O)O)cc4)c(OC4CCN(C)CC4)nc23)cc1OC. The zero-order valence-electron chi connectivity index (χ0n) is 21.5. The number of nitrogens with one attached hydrogen (secondary N) is 1. The van der Waals surface area contributed by atoms with Crippen LogP contribution in [0.3, 0.4) is 0 Å². The Labute approximate surface area is 219 Å². The summed E-state index contributed by atoms with van der Waals surface area (Å²) in [7, 11) is 5.27. The molecule has 1 aliphatic rings. The molecule has 0 aliphatic carbocycles. The van der Waals surface area contributed by atoms with Gasteiger partial charge in [0.05, 0.1) is 26.0 Å². The Kier molecular flexibility index (Phi) is 6.93. The van der Waals surface area contributed by atoms with E-state index < -0.39 is 6.09 Å². The predicted molar refractivity (Wildman–Crippen MR) is 144 cm³/mol. The van der Waals surface area contributed by atoms with E-state index in [2.05, 4.69) is 22.4 Å². The monoisotopic (exact) mass is 518 g/mol. The number of carboxylic acid groups (broad SMARTS) is 1. The molecule has 4 aromatic rings. The van der Waals surface area contributed by atoms with E-state index in [1.807, 2.05) is 18.2 Å². The van der Waals surface area contributed by atoms with E-state index in [0.29, 0.717) is 40.1 Å². The molecule has 198 valence electrons. The number of ether oxygens (including phenoxy) is 3. The number of fused-ring (bicyclic) bond motifs is 1. The highest BCUT2D eigenvalue weighted by molar-refractivity contribution is 5.87. The van der Waals surface area contributed by atoms with E-state index in [1.54, 1.807) is 49.2 Å². The van der Waals surface area contributed by atoms with Gasteiger partial charge in [0.25, 0.3) is 0 Å². The van der Waals surface area contributed by atoms with Crippen LogP contribution in [0, 0.1) is 0 Å². The molecule has 5 rings (SSSR count). The predicted octanol–water partition coefficient (Wildman–Crippen LogP) is 4.23. The first-order chi connectivity index (χ1) is 18.4. The number of hydrogen-bond acceptors (Lipinski definition) is 8. The van der Waals surface area contributed by atoms with Gasteiger partial charge < -0.3 is 30.0 Å². The van der Waals surface area contributed by atoms with Gasteiger partial charge in [0, 0.05) is 24.3 Å². The lowest BCUT2D eigenvalue weighted by Gasteiger charge is -2.29. The number of nitrogens with zero attached hydrogens (tertiary/aromatic N) is 4. The van der Waals surface area contributed by atoms with Crippen LogP contribution in [-0.2, 0) is 0 Å². The average molecular weight is 519 g/mol. The van der Waals surface area contributed by atoms with E-state index in [-0.39, 0.29) is 6.10 Å². The summed E-state index contributed by atoms with van der Waals surface area (Å²) in [5.74, 6) is 1.98. The zero-order chi connectivity index (χ0) is 26.8. The maximum absolute atomic E-state index is 11.0. The second kappa shape index (κ2) is 10.5. The number of amides is 1. The van der Waals surface area contributed by atoms with E-state index in [0.717, 1.165) is 42.6 Å². The quantitative estimate of drug-likeness (QED) is 0.328. The number of hydrogen-bond donors (Lipinski definition) is 3. The molecule has 1 saturated heterocycles. The summed E-state index contributed by atoms with van der Waals surface area (Å²) < 4.78 is 19.0. The molecule has 38 heavy (non-hydrogen) atoms. The first-order valence-corrected chi connectivity index (χ1v) is 12.2. The van der Waals surface area contributed by atoms with Crippen LogP contribution >= 0.6 is 0 Å². The topological polar surface area (TPSA) is 136 Å². The summed E-state index contributed by atoms with van der Waals surface area (Å²) in [6.45, 7) is 1.85. The number of aromatic nitrogens is 3. The Bertz CT molecular complexity index is 1460. The lowest BCUT2D eigenvalue weighted by atomic mass is 10.1. The first kappa shape index (κ1) is 25.2. The average Bonchev–Trinajstić information content (AvgIpc) is 3.34. The zero-order valence-corrected chi connectivity index (χ0v) is 21.5. The maximum Gasteiger partial charge on any atom is 0.409 e. The molecule has 1 amide bonds. The standard InChI is InChI=1S/C27H30N6O5/c1-32-12-10-19(11-13-32)38-26-23(16-4-7-18(8-5-16)30-27(34)35)24(28)33-25(31-26)20(15-29-33)17-6-9-21(36-2)22(14-17)37-3/h4-9,14-15,19,30H,10-13,28H2,1-3H3,(H,34,35). The molecule has 0 radical (unpaired) electrons. The summed E-state index contributed by atoms with van der Waals surface area (Å²) in [4.78, 5) is 18.2. The van der Waals surface area contributed by atoms with Gasteiger partial charge in [-0.1, -0.05) is 18.2 Å². The number of benzene rings is 2. The minimum atomic E-state index is -1.13. The van der Waals surface area contributed by atoms with Crippen molar-refractivity contribution in [3.05, 3.63) is 48.7 Å². The normalized spacial score (nSPS) is 14.4. The van der Waals surface area contributed by atoms with Crippen molar-refractivity contribution < 1.29 is 24.1 Å². The molecule has 0 unspecified atom stereocenters. The van der Waals surface area contributed by atoms with Crippen LogP contribution in [0.1, 0.15) is 12.8 Å². The largest absolute Gasteiger partial charge is 0.493 e. The van der Waals surface area contributed by atoms with E-state index in [1.165, 1.54) is 0 Å². The molecule has 0 bridgehead atoms. The van der Waals surface area contributed by atoms with Gasteiger partial charge >= 0.3 is 6.09 Å². The fraction of sp³-hybridized carbons (Fsp3) is 0.296. The van der Waals surface area contributed by atoms with Gasteiger partial charge in [-0.15, -0.1) is 0 Å². The third-order valence-corrected chi connectivity index (χ3v) is 6.71. The molecule has 11 nitrogen and oxygen atoms in total. The van der Waals surface area contributed by atoms with Gasteiger partial charge in [-0.25, -0.2) is 4.79 Å². The number of nitrogen functional groups attached to an aromatic ring is 1. The molecular formula is C27H30N6O5. The molecule has 3 heterocycles. The molecule has 2 aromatic carbocycles. The van der Waals surface area contributed by atoms with E-state index >= 15 is 0 Å². The van der Waals surface area contributed by atoms with Crippen LogP contribution in [0.5, 0.6) is 17.4 Å². The van der Waals surface area contributed by atoms with Crippen LogP contribution in [0.2, 0.25) is 0 Å². The number of likely N-dealkylation sites (tertiary alicyclic amines) is 1. The third kappa shape index (κ3) is 4.88. The van der Waals surface area contributed by atoms with Crippen molar-refractivity contribution in [2.75, 3.05) is 45.4 Å². The summed E-state index contributed by atoms with van der Waals surface area (Å²) in [5, 5.41) is 15.9. The van der Waals surface area contributed by atoms with Crippen molar-refractivity contribution in [2.24, 2.45) is 0 Å². The Morgan fingerprint density at radius 3 is 2.39 bits per heavy atom. The smallest absolute Gasteiger partial charge is 0.409 e. The molecule has 2 aromatic heterocycles. The van der Waals surface area contributed by atoms with Gasteiger partial charge in [-0.05, 0) is 55.3 Å². The van der Waals surface area contributed by atoms with Gasteiger partial charge in [0.15, 0.2) is 17.1 Å². The number of methoxy groups -OCH3 is 2. The molecule has 0 atom stereocenters. The number of carbonyl (C=O) groups is 1. The van der Waals surface area contributed by atoms with Gasteiger partial charge in [-0.3, -0.25) is 5.32 Å². The van der Waals surface area contributed by atoms with E-state index in [4.69, 9.17) is 30.0 Å². The lowest BCUT2D eigenvalue weighted by Crippen LogP contribution is -2.36. The fourth-order valence-electron chi connectivity index (χ4n) is 4.66. The minimum absolute atomic E-state index is 0.0142. The Morgan fingerprint density at radius 1 is 1.05 bits per heavy atom. The first-order valence-electron chi connectivity index (χ1n) is 12.2. The van der Waals surface area contributed by atoms with Crippen molar-refractivity contribution in [1.29, 1.82) is 0 Å². The van der Waals surface area contributed by atoms with Crippen LogP contribution in [0.4, 0.5) is 16.3 Å². The minimum Gasteiger partial charge on any atom is -0.493 e. The van der Waals surface area contributed by atoms with Crippen molar-refractivity contribution in [3.63, 3.8) is 0 Å². The highest BCUT2D eigenvalue weighted by Crippen LogP contribution is 2.39. The number of anilines is 2. The van der Waals surface area contributed by atoms with Gasteiger partial charge in [-0.2, -0.15) is 14.6 Å². The summed E-state index contributed by atoms with van der Waals surface area (Å²) in [5.41, 5.74) is 10.6. The van der Waals surface area contributed by atoms with Gasteiger partial charge in [0.2, 0.25) is 5.88 Å². The van der Waals surface area contributed by atoms with Crippen LogP contribution in [0.15, 0.2) is 48.7 Å². The number of nitrogens with two attached hydrogens (primary N) is 1. The van der Waals surface area contributed by atoms with Crippen molar-refractivity contribution in [3.8, 4) is 39.6 Å². The number of rotatable bonds is 7. The molecule has 1 fully saturated rings. The molecular weight excluding hydrogens is 488 g/mol. The highest BCUT2D eigenvalue weighted by atomic mass is 16.5. The number of piperidine rings is 1. The molecule has 0 saturated carbocycles. The second-order valence-electron chi connectivity index (χ2n) is 9.17. The summed E-state index contributed by atoms with van der Waals surface area (Å²) in [6, 6.07) is 12.5. The summed E-state index contributed by atoms with van der Waals surface area (Å²) >= 11 is 0. The molecule has 11 heteroatoms. The maximum atomic E-state index is 11.0. The molecule has 1 aliphatic heterocycles. The second-order valence-corrected chi connectivity index (χ2v) is 9.17. The van der Waals surface area contributed by atoms with Crippen LogP contribution in [0.25, 0.3) is 27.9 Å². The van der Waals surface area contributed by atoms with Crippen LogP contribution in [-0.4, -0.2) is 71.2 Å². The Hall–Kier alpha value is -4.51. The molecule has 0 spiro atoms. The van der Waals surface area contributed by atoms with Gasteiger partial charge in [0.1, 0.15) is 11.9 Å². The highest BCUT2D eigenvalue weighted by Gasteiger charge is 2.25. The van der Waals surface area contributed by atoms with Crippen molar-refractivity contribution >= 4 is 23.2 Å².